The maximum atomic E-state index is 13.1. The van der Waals surface area contributed by atoms with Gasteiger partial charge in [0.15, 0.2) is 0 Å². The summed E-state index contributed by atoms with van der Waals surface area (Å²) >= 11 is 5.51. The van der Waals surface area contributed by atoms with Crippen molar-refractivity contribution in [2.75, 3.05) is 7.05 Å². The maximum absolute atomic E-state index is 13.1. The van der Waals surface area contributed by atoms with Gasteiger partial charge in [-0.15, -0.1) is 0 Å². The molecule has 2 nitrogen and oxygen atoms in total. The van der Waals surface area contributed by atoms with Crippen LogP contribution < -0.4 is 5.32 Å². The van der Waals surface area contributed by atoms with Crippen LogP contribution in [0.25, 0.3) is 0 Å². The zero-order chi connectivity index (χ0) is 9.14. The van der Waals surface area contributed by atoms with E-state index in [4.69, 9.17) is 11.6 Å². The fourth-order valence-corrected chi connectivity index (χ4v) is 1.10. The summed E-state index contributed by atoms with van der Waals surface area (Å²) in [5, 5.41) is 12.0. The van der Waals surface area contributed by atoms with E-state index < -0.39 is 5.82 Å². The Bertz CT molecular complexity index is 291. The molecule has 66 valence electrons. The van der Waals surface area contributed by atoms with Crippen LogP contribution in [0, 0.1) is 5.82 Å². The Kier molecular flexibility index (Phi) is 2.89. The van der Waals surface area contributed by atoms with Crippen LogP contribution in [0.3, 0.4) is 0 Å². The maximum Gasteiger partial charge on any atom is 0.149 e. The summed E-state index contributed by atoms with van der Waals surface area (Å²) in [6.45, 7) is 0.262. The number of hydrogen-bond acceptors (Lipinski definition) is 2. The van der Waals surface area contributed by atoms with Gasteiger partial charge in [-0.3, -0.25) is 0 Å². The number of phenolic OH excluding ortho intramolecular Hbond substituents is 1. The van der Waals surface area contributed by atoms with Gasteiger partial charge in [0.25, 0.3) is 0 Å². The predicted octanol–water partition coefficient (Wildman–Crippen LogP) is 1.90. The lowest BCUT2D eigenvalue weighted by Crippen LogP contribution is -2.07. The third-order valence-corrected chi connectivity index (χ3v) is 1.82. The van der Waals surface area contributed by atoms with Gasteiger partial charge in [-0.25, -0.2) is 4.39 Å². The smallest absolute Gasteiger partial charge is 0.149 e. The summed E-state index contributed by atoms with van der Waals surface area (Å²) in [6.07, 6.45) is 0. The van der Waals surface area contributed by atoms with E-state index in [-0.39, 0.29) is 22.9 Å². The largest absolute Gasteiger partial charge is 0.508 e. The van der Waals surface area contributed by atoms with Gasteiger partial charge < -0.3 is 10.4 Å². The molecule has 0 aliphatic rings. The monoisotopic (exact) mass is 189 g/mol. The number of rotatable bonds is 2. The zero-order valence-electron chi connectivity index (χ0n) is 6.56. The number of benzene rings is 1. The van der Waals surface area contributed by atoms with Gasteiger partial charge in [-0.05, 0) is 19.2 Å². The van der Waals surface area contributed by atoms with E-state index in [1.165, 1.54) is 12.1 Å². The molecule has 0 amide bonds. The average molecular weight is 190 g/mol. The van der Waals surface area contributed by atoms with Crippen molar-refractivity contribution >= 4 is 11.6 Å². The van der Waals surface area contributed by atoms with Crippen molar-refractivity contribution in [3.05, 3.63) is 28.5 Å². The summed E-state index contributed by atoms with van der Waals surface area (Å²) in [7, 11) is 1.67. The molecule has 0 atom stereocenters. The van der Waals surface area contributed by atoms with E-state index in [9.17, 15) is 9.50 Å². The molecule has 1 rings (SSSR count). The predicted molar refractivity (Wildman–Crippen MR) is 45.8 cm³/mol. The fourth-order valence-electron chi connectivity index (χ4n) is 0.927. The number of phenols is 1. The molecule has 4 heteroatoms. The van der Waals surface area contributed by atoms with Crippen molar-refractivity contribution in [1.29, 1.82) is 0 Å². The van der Waals surface area contributed by atoms with Crippen LogP contribution in [0.5, 0.6) is 5.75 Å². The van der Waals surface area contributed by atoms with E-state index in [2.05, 4.69) is 5.32 Å². The molecule has 1 aromatic carbocycles. The van der Waals surface area contributed by atoms with Gasteiger partial charge in [-0.1, -0.05) is 11.6 Å². The molecule has 0 heterocycles. The minimum atomic E-state index is -0.564. The van der Waals surface area contributed by atoms with E-state index >= 15 is 0 Å². The van der Waals surface area contributed by atoms with Crippen molar-refractivity contribution in [1.82, 2.24) is 5.32 Å². The highest BCUT2D eigenvalue weighted by atomic mass is 35.5. The summed E-state index contributed by atoms with van der Waals surface area (Å²) in [5.41, 5.74) is 0.199. The van der Waals surface area contributed by atoms with Gasteiger partial charge in [0.2, 0.25) is 0 Å². The molecular weight excluding hydrogens is 181 g/mol. The molecule has 0 spiro atoms. The molecule has 0 saturated carbocycles. The van der Waals surface area contributed by atoms with Crippen LogP contribution in [0.4, 0.5) is 4.39 Å². The molecule has 1 aromatic rings. The first-order chi connectivity index (χ1) is 5.66. The van der Waals surface area contributed by atoms with Gasteiger partial charge in [-0.2, -0.15) is 0 Å². The van der Waals surface area contributed by atoms with E-state index in [0.29, 0.717) is 0 Å². The number of nitrogens with one attached hydrogen (secondary N) is 1. The second-order valence-corrected chi connectivity index (χ2v) is 2.80. The van der Waals surface area contributed by atoms with Crippen molar-refractivity contribution in [3.8, 4) is 5.75 Å². The van der Waals surface area contributed by atoms with Crippen molar-refractivity contribution in [2.24, 2.45) is 0 Å². The highest BCUT2D eigenvalue weighted by Gasteiger charge is 2.10. The molecule has 0 aliphatic carbocycles. The minimum absolute atomic E-state index is 0.0260. The van der Waals surface area contributed by atoms with E-state index in [1.807, 2.05) is 0 Å². The topological polar surface area (TPSA) is 32.3 Å². The quantitative estimate of drug-likeness (QED) is 0.745. The normalized spacial score (nSPS) is 10.2. The first-order valence-electron chi connectivity index (χ1n) is 3.47. The first-order valence-corrected chi connectivity index (χ1v) is 3.85. The fraction of sp³-hybridized carbons (Fsp3) is 0.250. The SMILES string of the molecule is CNCc1c(O)ccc(Cl)c1F. The lowest BCUT2D eigenvalue weighted by molar-refractivity contribution is 0.456. The Hall–Kier alpha value is -0.800. The number of aromatic hydroxyl groups is 1. The molecule has 2 N–H and O–H groups in total. The second kappa shape index (κ2) is 3.74. The number of halogens is 2. The highest BCUT2D eigenvalue weighted by molar-refractivity contribution is 6.30. The van der Waals surface area contributed by atoms with Gasteiger partial charge in [0.05, 0.1) is 5.02 Å². The Morgan fingerprint density at radius 2 is 2.25 bits per heavy atom. The Balaban J connectivity index is 3.14. The summed E-state index contributed by atoms with van der Waals surface area (Å²) in [6, 6.07) is 2.70. The lowest BCUT2D eigenvalue weighted by Gasteiger charge is -2.05. The summed E-state index contributed by atoms with van der Waals surface area (Å²) in [5.74, 6) is -0.641. The van der Waals surface area contributed by atoms with Crippen molar-refractivity contribution < 1.29 is 9.50 Å². The van der Waals surface area contributed by atoms with Crippen LogP contribution in [0.2, 0.25) is 5.02 Å². The summed E-state index contributed by atoms with van der Waals surface area (Å²) < 4.78 is 13.1. The van der Waals surface area contributed by atoms with Crippen molar-refractivity contribution in [2.45, 2.75) is 6.54 Å². The van der Waals surface area contributed by atoms with Crippen LogP contribution in [0.1, 0.15) is 5.56 Å². The molecule has 0 aromatic heterocycles. The minimum Gasteiger partial charge on any atom is -0.508 e. The van der Waals surface area contributed by atoms with Crippen LogP contribution >= 0.6 is 11.6 Å². The van der Waals surface area contributed by atoms with Crippen molar-refractivity contribution in [3.63, 3.8) is 0 Å². The first kappa shape index (κ1) is 9.29. The molecule has 0 radical (unpaired) electrons. The molecule has 0 fully saturated rings. The average Bonchev–Trinajstić information content (AvgIpc) is 2.06. The highest BCUT2D eigenvalue weighted by Crippen LogP contribution is 2.25. The molecule has 0 bridgehead atoms. The standard InChI is InChI=1S/C8H9ClFNO/c1-11-4-5-7(12)3-2-6(9)8(5)10/h2-3,11-12H,4H2,1H3. The van der Waals surface area contributed by atoms with E-state index in [0.717, 1.165) is 0 Å². The molecule has 0 aliphatic heterocycles. The third-order valence-electron chi connectivity index (χ3n) is 1.52. The lowest BCUT2D eigenvalue weighted by atomic mass is 10.2. The van der Waals surface area contributed by atoms with Crippen LogP contribution in [0.15, 0.2) is 12.1 Å². The van der Waals surface area contributed by atoms with Gasteiger partial charge >= 0.3 is 0 Å². The van der Waals surface area contributed by atoms with Crippen LogP contribution in [-0.2, 0) is 6.54 Å². The molecule has 0 saturated heterocycles. The molecular formula is C8H9ClFNO. The molecule has 0 unspecified atom stereocenters. The summed E-state index contributed by atoms with van der Waals surface area (Å²) in [4.78, 5) is 0. The Morgan fingerprint density at radius 3 is 2.83 bits per heavy atom. The Morgan fingerprint density at radius 1 is 1.58 bits per heavy atom. The second-order valence-electron chi connectivity index (χ2n) is 2.39. The number of hydrogen-bond donors (Lipinski definition) is 2. The molecule has 12 heavy (non-hydrogen) atoms. The van der Waals surface area contributed by atoms with E-state index in [1.54, 1.807) is 7.05 Å². The van der Waals surface area contributed by atoms with Gasteiger partial charge in [0, 0.05) is 12.1 Å². The Labute approximate surface area is 75.0 Å². The van der Waals surface area contributed by atoms with Crippen LogP contribution in [-0.4, -0.2) is 12.2 Å². The van der Waals surface area contributed by atoms with Gasteiger partial charge in [0.1, 0.15) is 11.6 Å². The third kappa shape index (κ3) is 1.68. The zero-order valence-corrected chi connectivity index (χ0v) is 7.32.